The van der Waals surface area contributed by atoms with Crippen LogP contribution in [0.4, 0.5) is 22.0 Å². The Labute approximate surface area is 208 Å². The van der Waals surface area contributed by atoms with Crippen LogP contribution in [-0.2, 0) is 25.3 Å². The van der Waals surface area contributed by atoms with E-state index in [4.69, 9.17) is 9.47 Å². The average molecular weight is 488 g/mol. The van der Waals surface area contributed by atoms with E-state index in [0.717, 1.165) is 33.8 Å². The second-order valence-electron chi connectivity index (χ2n) is 8.78. The van der Waals surface area contributed by atoms with E-state index in [2.05, 4.69) is 25.7 Å². The van der Waals surface area contributed by atoms with Crippen LogP contribution in [-0.4, -0.2) is 59.4 Å². The smallest absolute Gasteiger partial charge is 0.495 e. The van der Waals surface area contributed by atoms with Gasteiger partial charge in [0.1, 0.15) is 17.7 Å². The number of anilines is 2. The number of carbonyl (C=O) groups is 1. The molecule has 1 amide bonds. The number of hydrogen-bond acceptors (Lipinski definition) is 8. The number of carbonyl (C=O) groups excluding carboxylic acids is 1. The molecule has 0 bridgehead atoms. The number of aryl methyl sites for hydroxylation is 2. The lowest BCUT2D eigenvalue weighted by atomic mass is 10.1. The van der Waals surface area contributed by atoms with Crippen molar-refractivity contribution in [2.24, 2.45) is 14.1 Å². The van der Waals surface area contributed by atoms with E-state index in [9.17, 15) is 4.79 Å². The van der Waals surface area contributed by atoms with Crippen molar-refractivity contribution in [1.82, 2.24) is 29.8 Å². The molecule has 11 nitrogen and oxygen atoms in total. The van der Waals surface area contributed by atoms with Gasteiger partial charge < -0.3 is 14.8 Å². The van der Waals surface area contributed by atoms with Gasteiger partial charge in [0.2, 0.25) is 11.4 Å². The number of fused-ring (bicyclic) bond motifs is 1. The van der Waals surface area contributed by atoms with Crippen molar-refractivity contribution in [2.75, 3.05) is 12.4 Å². The number of rotatable bonds is 6. The lowest BCUT2D eigenvalue weighted by Gasteiger charge is -2.12. The van der Waals surface area contributed by atoms with Crippen molar-refractivity contribution in [1.29, 1.82) is 0 Å². The zero-order chi connectivity index (χ0) is 25.4. The Morgan fingerprint density at radius 3 is 2.64 bits per heavy atom. The summed E-state index contributed by atoms with van der Waals surface area (Å²) in [5.41, 5.74) is 5.81. The van der Waals surface area contributed by atoms with Gasteiger partial charge in [0.25, 0.3) is 0 Å². The van der Waals surface area contributed by atoms with E-state index in [1.807, 2.05) is 58.4 Å². The normalized spacial score (nSPS) is 12.7. The molecule has 1 aromatic carbocycles. The van der Waals surface area contributed by atoms with Crippen molar-refractivity contribution in [2.45, 2.75) is 26.4 Å². The zero-order valence-corrected chi connectivity index (χ0v) is 20.8. The third-order valence-corrected chi connectivity index (χ3v) is 5.86. The van der Waals surface area contributed by atoms with Gasteiger partial charge in [-0.1, -0.05) is 15.9 Å². The molecule has 0 unspecified atom stereocenters. The summed E-state index contributed by atoms with van der Waals surface area (Å²) in [6.07, 6.45) is 6.95. The van der Waals surface area contributed by atoms with Gasteiger partial charge in [-0.15, -0.1) is 5.10 Å². The first kappa shape index (κ1) is 23.2. The average Bonchev–Trinajstić information content (AvgIpc) is 3.56. The first-order chi connectivity index (χ1) is 17.3. The number of nitrogens with zero attached hydrogens (tertiary/aromatic N) is 7. The van der Waals surface area contributed by atoms with Crippen LogP contribution in [0.25, 0.3) is 11.3 Å². The van der Waals surface area contributed by atoms with E-state index in [1.165, 1.54) is 0 Å². The summed E-state index contributed by atoms with van der Waals surface area (Å²) < 4.78 is 16.2. The minimum absolute atomic E-state index is 0.256. The molecule has 0 saturated heterocycles. The summed E-state index contributed by atoms with van der Waals surface area (Å²) in [6, 6.07) is 7.62. The fourth-order valence-corrected chi connectivity index (χ4v) is 4.20. The first-order valence-corrected chi connectivity index (χ1v) is 11.5. The minimum atomic E-state index is -0.438. The van der Waals surface area contributed by atoms with E-state index in [-0.39, 0.29) is 6.10 Å². The molecular formula is C25H27N8O3+. The van der Waals surface area contributed by atoms with Crippen LogP contribution < -0.4 is 10.1 Å². The molecule has 4 heterocycles. The zero-order valence-electron chi connectivity index (χ0n) is 20.8. The van der Waals surface area contributed by atoms with Crippen molar-refractivity contribution in [3.63, 3.8) is 0 Å². The van der Waals surface area contributed by atoms with Gasteiger partial charge in [-0.05, 0) is 26.0 Å². The SMILES string of the molecule is COc1cc(-c2cnnn2C)ccc1Nc1cc2c(cn1)CC(c1cnn(C)c1)=[N+]2C(=O)OC(C)C. The van der Waals surface area contributed by atoms with Crippen LogP contribution in [0.1, 0.15) is 25.0 Å². The summed E-state index contributed by atoms with van der Waals surface area (Å²) in [5.74, 6) is 1.20. The molecule has 0 atom stereocenters. The number of hydrogen-bond donors (Lipinski definition) is 1. The Hall–Kier alpha value is -4.54. The number of benzene rings is 1. The fourth-order valence-electron chi connectivity index (χ4n) is 4.20. The molecule has 4 aromatic rings. The molecule has 0 spiro atoms. The summed E-state index contributed by atoms with van der Waals surface area (Å²) in [7, 11) is 5.29. The van der Waals surface area contributed by atoms with Crippen molar-refractivity contribution in [3.8, 4) is 17.0 Å². The van der Waals surface area contributed by atoms with Crippen LogP contribution in [0.5, 0.6) is 5.75 Å². The third kappa shape index (κ3) is 4.30. The molecule has 11 heteroatoms. The third-order valence-electron chi connectivity index (χ3n) is 5.86. The van der Waals surface area contributed by atoms with E-state index < -0.39 is 6.09 Å². The quantitative estimate of drug-likeness (QED) is 0.411. The molecule has 5 rings (SSSR count). The lowest BCUT2D eigenvalue weighted by molar-refractivity contribution is -0.356. The number of amides is 1. The molecule has 184 valence electrons. The Morgan fingerprint density at radius 1 is 1.14 bits per heavy atom. The van der Waals surface area contributed by atoms with Gasteiger partial charge in [0.05, 0.1) is 54.5 Å². The highest BCUT2D eigenvalue weighted by molar-refractivity contribution is 6.03. The molecule has 0 saturated carbocycles. The van der Waals surface area contributed by atoms with E-state index >= 15 is 0 Å². The van der Waals surface area contributed by atoms with Gasteiger partial charge in [-0.25, -0.2) is 9.67 Å². The van der Waals surface area contributed by atoms with Crippen molar-refractivity contribution in [3.05, 3.63) is 60.2 Å². The van der Waals surface area contributed by atoms with Gasteiger partial charge in [-0.2, -0.15) is 9.89 Å². The summed E-state index contributed by atoms with van der Waals surface area (Å²) in [5, 5.41) is 15.5. The highest BCUT2D eigenvalue weighted by Gasteiger charge is 2.39. The van der Waals surface area contributed by atoms with Crippen LogP contribution in [0.15, 0.2) is 49.1 Å². The minimum Gasteiger partial charge on any atom is -0.495 e. The topological polar surface area (TPSA) is 112 Å². The number of aromatic nitrogens is 6. The molecule has 1 N–H and O–H groups in total. The maximum Gasteiger partial charge on any atom is 0.603 e. The Balaban J connectivity index is 1.51. The fraction of sp³-hybridized carbons (Fsp3) is 0.280. The first-order valence-electron chi connectivity index (χ1n) is 11.5. The highest BCUT2D eigenvalue weighted by Crippen LogP contribution is 2.35. The van der Waals surface area contributed by atoms with E-state index in [1.54, 1.807) is 39.6 Å². The largest absolute Gasteiger partial charge is 0.603 e. The van der Waals surface area contributed by atoms with Crippen LogP contribution in [0.3, 0.4) is 0 Å². The van der Waals surface area contributed by atoms with Gasteiger partial charge >= 0.3 is 6.09 Å². The van der Waals surface area contributed by atoms with Crippen molar-refractivity contribution < 1.29 is 18.8 Å². The molecule has 0 aliphatic carbocycles. The molecule has 36 heavy (non-hydrogen) atoms. The van der Waals surface area contributed by atoms with Crippen LogP contribution in [0, 0.1) is 0 Å². The lowest BCUT2D eigenvalue weighted by Crippen LogP contribution is -2.25. The predicted molar refractivity (Wildman–Crippen MR) is 133 cm³/mol. The Bertz CT molecular complexity index is 1480. The summed E-state index contributed by atoms with van der Waals surface area (Å²) in [4.78, 5) is 17.7. The highest BCUT2D eigenvalue weighted by atomic mass is 16.6. The molecule has 0 radical (unpaired) electrons. The van der Waals surface area contributed by atoms with Gasteiger partial charge in [0, 0.05) is 32.1 Å². The molecule has 0 fully saturated rings. The summed E-state index contributed by atoms with van der Waals surface area (Å²) >= 11 is 0. The van der Waals surface area contributed by atoms with Gasteiger partial charge in [-0.3, -0.25) is 4.68 Å². The molecule has 1 aliphatic rings. The predicted octanol–water partition coefficient (Wildman–Crippen LogP) is 3.60. The maximum absolute atomic E-state index is 13.1. The number of nitrogens with one attached hydrogen (secondary N) is 1. The Kier molecular flexibility index (Phi) is 5.96. The van der Waals surface area contributed by atoms with Crippen LogP contribution >= 0.6 is 0 Å². The second kappa shape index (κ2) is 9.25. The molecular weight excluding hydrogens is 460 g/mol. The second-order valence-corrected chi connectivity index (χ2v) is 8.78. The number of ether oxygens (including phenoxy) is 2. The van der Waals surface area contributed by atoms with Crippen LogP contribution in [0.2, 0.25) is 0 Å². The molecule has 3 aromatic heterocycles. The maximum atomic E-state index is 13.1. The van der Waals surface area contributed by atoms with E-state index in [0.29, 0.717) is 23.7 Å². The standard InChI is InChI=1S/C25H27N8O3/c1-15(2)36-25(34)33-20(18-12-28-31(3)14-18)8-17-11-26-24(10-21(17)33)29-19-7-6-16(9-23(19)35-5)22-13-27-30-32(22)4/h6-7,9-15H,8H2,1-5H3,(H,26,29)/q+1. The summed E-state index contributed by atoms with van der Waals surface area (Å²) in [6.45, 7) is 3.66. The van der Waals surface area contributed by atoms with Crippen molar-refractivity contribution >= 4 is 29.0 Å². The monoisotopic (exact) mass is 487 g/mol. The van der Waals surface area contributed by atoms with Gasteiger partial charge in [0.15, 0.2) is 0 Å². The molecule has 1 aliphatic heterocycles. The Morgan fingerprint density at radius 2 is 1.97 bits per heavy atom. The number of pyridine rings is 1. The number of methoxy groups -OCH3 is 1.